The molecule has 1 saturated heterocycles. The number of carbonyl (C=O) groups is 1. The summed E-state index contributed by atoms with van der Waals surface area (Å²) in [4.78, 5) is 33.0. The third kappa shape index (κ3) is 4.73. The van der Waals surface area contributed by atoms with Gasteiger partial charge in [0.25, 0.3) is 0 Å². The van der Waals surface area contributed by atoms with Crippen LogP contribution in [0.1, 0.15) is 89.7 Å². The van der Waals surface area contributed by atoms with Gasteiger partial charge in [0, 0.05) is 35.6 Å². The van der Waals surface area contributed by atoms with Crippen LogP contribution in [0, 0.1) is 5.82 Å². The van der Waals surface area contributed by atoms with Gasteiger partial charge in [0.1, 0.15) is 5.52 Å². The first kappa shape index (κ1) is 28.6. The maximum Gasteiger partial charge on any atom is 0.237 e. The molecule has 2 aliphatic carbocycles. The molecular formula is C36H42FN7O. The fourth-order valence-corrected chi connectivity index (χ4v) is 8.39. The summed E-state index contributed by atoms with van der Waals surface area (Å²) < 4.78 is 16.8. The molecule has 8 rings (SSSR count). The van der Waals surface area contributed by atoms with Crippen LogP contribution < -0.4 is 10.2 Å². The Morgan fingerprint density at radius 1 is 0.978 bits per heavy atom. The van der Waals surface area contributed by atoms with Crippen LogP contribution >= 0.6 is 0 Å². The average Bonchev–Trinajstić information content (AvgIpc) is 3.57. The minimum atomic E-state index is -0.443. The normalized spacial score (nSPS) is 23.1. The van der Waals surface area contributed by atoms with Crippen LogP contribution in [-0.4, -0.2) is 55.5 Å². The summed E-state index contributed by atoms with van der Waals surface area (Å²) in [6.45, 7) is 6.57. The van der Waals surface area contributed by atoms with Crippen molar-refractivity contribution in [2.45, 2.75) is 102 Å². The van der Waals surface area contributed by atoms with Gasteiger partial charge in [0.05, 0.1) is 34.8 Å². The summed E-state index contributed by atoms with van der Waals surface area (Å²) in [6.07, 6.45) is 15.8. The molecule has 4 aromatic rings. The molecule has 0 bridgehead atoms. The fraction of sp³-hybridized carbons (Fsp3) is 0.500. The summed E-state index contributed by atoms with van der Waals surface area (Å²) in [5.41, 5.74) is 5.45. The number of anilines is 3. The van der Waals surface area contributed by atoms with Crippen LogP contribution in [0.5, 0.6) is 0 Å². The first-order chi connectivity index (χ1) is 21.9. The molecule has 0 atom stereocenters. The maximum atomic E-state index is 14.7. The zero-order chi connectivity index (χ0) is 30.7. The van der Waals surface area contributed by atoms with Crippen molar-refractivity contribution in [3.8, 4) is 11.3 Å². The molecule has 3 fully saturated rings. The van der Waals surface area contributed by atoms with Gasteiger partial charge in [-0.25, -0.2) is 14.4 Å². The molecule has 4 aliphatic rings. The second kappa shape index (κ2) is 11.2. The number of benzene rings is 1. The summed E-state index contributed by atoms with van der Waals surface area (Å²) >= 11 is 0. The SMILES string of the molecule is CC(C)n1cnc2cc(-c3ccc4c(c3)N(C3CC(N5CCCCC5)C3)C(=O)C43CCCCC3)nc(Nc3ccncc3F)c21. The lowest BCUT2D eigenvalue weighted by molar-refractivity contribution is -0.125. The molecule has 2 saturated carbocycles. The largest absolute Gasteiger partial charge is 0.336 e. The number of aromatic nitrogens is 4. The standard InChI is InChI=1S/C36H42FN7O/c1-23(2)43-22-39-31-20-30(41-34(33(31)43)40-29-11-14-38-21-28(29)37)24-9-10-27-32(17-24)44(35(45)36(27)12-5-3-6-13-36)26-18-25(19-26)42-15-7-4-8-16-42/h9-11,14,17,20-23,25-26H,3-8,12-13,15-16,18-19H2,1-2H3,(H,38,40,41). The number of halogens is 1. The number of hydrogen-bond donors (Lipinski definition) is 1. The minimum absolute atomic E-state index is 0.146. The van der Waals surface area contributed by atoms with E-state index in [1.165, 1.54) is 50.5 Å². The lowest BCUT2D eigenvalue weighted by Crippen LogP contribution is -2.57. The molecule has 234 valence electrons. The summed E-state index contributed by atoms with van der Waals surface area (Å²) in [7, 11) is 0. The van der Waals surface area contributed by atoms with E-state index in [-0.39, 0.29) is 12.1 Å². The van der Waals surface area contributed by atoms with E-state index in [0.717, 1.165) is 66.5 Å². The third-order valence-corrected chi connectivity index (χ3v) is 10.9. The molecule has 2 aliphatic heterocycles. The van der Waals surface area contributed by atoms with Crippen molar-refractivity contribution in [2.75, 3.05) is 23.3 Å². The van der Waals surface area contributed by atoms with Gasteiger partial charge in [0.2, 0.25) is 5.91 Å². The number of pyridine rings is 2. The van der Waals surface area contributed by atoms with Gasteiger partial charge in [-0.2, -0.15) is 0 Å². The minimum Gasteiger partial charge on any atom is -0.336 e. The van der Waals surface area contributed by atoms with Crippen molar-refractivity contribution in [2.24, 2.45) is 0 Å². The number of piperidine rings is 1. The van der Waals surface area contributed by atoms with E-state index in [4.69, 9.17) is 9.97 Å². The van der Waals surface area contributed by atoms with Gasteiger partial charge < -0.3 is 19.7 Å². The van der Waals surface area contributed by atoms with E-state index in [0.29, 0.717) is 23.5 Å². The van der Waals surface area contributed by atoms with Gasteiger partial charge in [0.15, 0.2) is 11.6 Å². The van der Waals surface area contributed by atoms with E-state index >= 15 is 0 Å². The molecular weight excluding hydrogens is 565 g/mol. The lowest BCUT2D eigenvalue weighted by atomic mass is 9.70. The van der Waals surface area contributed by atoms with Crippen molar-refractivity contribution < 1.29 is 9.18 Å². The molecule has 45 heavy (non-hydrogen) atoms. The van der Waals surface area contributed by atoms with Crippen LogP contribution in [0.3, 0.4) is 0 Å². The van der Waals surface area contributed by atoms with E-state index in [2.05, 4.69) is 56.7 Å². The van der Waals surface area contributed by atoms with Gasteiger partial charge in [-0.3, -0.25) is 9.78 Å². The highest BCUT2D eigenvalue weighted by molar-refractivity contribution is 6.09. The number of amides is 1. The van der Waals surface area contributed by atoms with Crippen molar-refractivity contribution in [3.63, 3.8) is 0 Å². The number of rotatable bonds is 6. The average molecular weight is 608 g/mol. The van der Waals surface area contributed by atoms with Crippen molar-refractivity contribution >= 4 is 34.1 Å². The molecule has 1 aromatic carbocycles. The van der Waals surface area contributed by atoms with Crippen molar-refractivity contribution in [3.05, 3.63) is 60.4 Å². The summed E-state index contributed by atoms with van der Waals surface area (Å²) in [5.74, 6) is 0.409. The van der Waals surface area contributed by atoms with Crippen LogP contribution in [0.25, 0.3) is 22.3 Å². The van der Waals surface area contributed by atoms with Crippen LogP contribution in [-0.2, 0) is 10.2 Å². The van der Waals surface area contributed by atoms with Gasteiger partial charge in [-0.05, 0) is 89.2 Å². The van der Waals surface area contributed by atoms with E-state index in [1.54, 1.807) is 12.3 Å². The van der Waals surface area contributed by atoms with Crippen LogP contribution in [0.4, 0.5) is 21.6 Å². The number of imidazole rings is 1. The maximum absolute atomic E-state index is 14.7. The van der Waals surface area contributed by atoms with Gasteiger partial charge >= 0.3 is 0 Å². The quantitative estimate of drug-likeness (QED) is 0.244. The number of carbonyl (C=O) groups excluding carboxylic acids is 1. The Bertz CT molecular complexity index is 1750. The van der Waals surface area contributed by atoms with E-state index < -0.39 is 11.2 Å². The van der Waals surface area contributed by atoms with Crippen LogP contribution in [0.2, 0.25) is 0 Å². The smallest absolute Gasteiger partial charge is 0.237 e. The molecule has 9 heteroatoms. The fourth-order valence-electron chi connectivity index (χ4n) is 8.39. The highest BCUT2D eigenvalue weighted by atomic mass is 19.1. The highest BCUT2D eigenvalue weighted by Crippen LogP contribution is 2.53. The number of likely N-dealkylation sites (tertiary alicyclic amines) is 1. The van der Waals surface area contributed by atoms with E-state index in [1.807, 2.05) is 12.4 Å². The van der Waals surface area contributed by atoms with Crippen LogP contribution in [0.15, 0.2) is 49.1 Å². The van der Waals surface area contributed by atoms with E-state index in [9.17, 15) is 9.18 Å². The molecule has 0 unspecified atom stereocenters. The summed E-state index contributed by atoms with van der Waals surface area (Å²) in [5, 5.41) is 3.24. The van der Waals surface area contributed by atoms with Crippen molar-refractivity contribution in [1.29, 1.82) is 0 Å². The number of nitrogens with one attached hydrogen (secondary N) is 1. The molecule has 3 aromatic heterocycles. The third-order valence-electron chi connectivity index (χ3n) is 10.9. The molecule has 1 spiro atoms. The Kier molecular flexibility index (Phi) is 7.12. The highest BCUT2D eigenvalue weighted by Gasteiger charge is 2.54. The predicted molar refractivity (Wildman–Crippen MR) is 175 cm³/mol. The van der Waals surface area contributed by atoms with Gasteiger partial charge in [-0.1, -0.05) is 37.8 Å². The Morgan fingerprint density at radius 2 is 1.76 bits per heavy atom. The van der Waals surface area contributed by atoms with Gasteiger partial charge in [-0.15, -0.1) is 0 Å². The zero-order valence-electron chi connectivity index (χ0n) is 26.3. The second-order valence-electron chi connectivity index (χ2n) is 13.9. The zero-order valence-corrected chi connectivity index (χ0v) is 26.3. The molecule has 5 heterocycles. The molecule has 1 N–H and O–H groups in total. The number of nitrogens with zero attached hydrogens (tertiary/aromatic N) is 6. The summed E-state index contributed by atoms with van der Waals surface area (Å²) in [6, 6.07) is 11.1. The second-order valence-corrected chi connectivity index (χ2v) is 13.9. The Labute approximate surface area is 264 Å². The molecule has 0 radical (unpaired) electrons. The number of hydrogen-bond acceptors (Lipinski definition) is 6. The van der Waals surface area contributed by atoms with Crippen molar-refractivity contribution in [1.82, 2.24) is 24.4 Å². The Hall–Kier alpha value is -3.85. The lowest BCUT2D eigenvalue weighted by Gasteiger charge is -2.48. The Morgan fingerprint density at radius 3 is 2.51 bits per heavy atom. The molecule has 8 nitrogen and oxygen atoms in total. The monoisotopic (exact) mass is 607 g/mol. The predicted octanol–water partition coefficient (Wildman–Crippen LogP) is 7.52. The molecule has 1 amide bonds. The topological polar surface area (TPSA) is 79.2 Å². The first-order valence-electron chi connectivity index (χ1n) is 16.9. The number of fused-ring (bicyclic) bond motifs is 3. The Balaban J connectivity index is 1.20. The first-order valence-corrected chi connectivity index (χ1v) is 16.9.